The molecule has 2 aliphatic heterocycles. The number of nitrogens with one attached hydrogen (secondary N) is 1. The van der Waals surface area contributed by atoms with Crippen LogP contribution in [0.1, 0.15) is 72.0 Å². The second kappa shape index (κ2) is 12.2. The fourth-order valence-electron chi connectivity index (χ4n) is 5.44. The van der Waals surface area contributed by atoms with Crippen LogP contribution in [0, 0.1) is 0 Å². The van der Waals surface area contributed by atoms with Crippen molar-refractivity contribution in [2.24, 2.45) is 4.99 Å². The summed E-state index contributed by atoms with van der Waals surface area (Å²) in [6.45, 7) is 1.45. The minimum absolute atomic E-state index is 0.0189. The third-order valence-electron chi connectivity index (χ3n) is 7.54. The maximum Gasteiger partial charge on any atom is 0.303 e. The third kappa shape index (κ3) is 6.45. The average Bonchev–Trinajstić information content (AvgIpc) is 2.95. The van der Waals surface area contributed by atoms with Crippen molar-refractivity contribution in [1.29, 1.82) is 0 Å². The van der Waals surface area contributed by atoms with E-state index < -0.39 is 5.97 Å². The lowest BCUT2D eigenvalue weighted by Crippen LogP contribution is -2.38. The number of carboxylic acid groups (broad SMARTS) is 1. The average molecular weight is 565 g/mol. The van der Waals surface area contributed by atoms with Crippen molar-refractivity contribution in [3.63, 3.8) is 0 Å². The van der Waals surface area contributed by atoms with Gasteiger partial charge in [0.25, 0.3) is 5.91 Å². The van der Waals surface area contributed by atoms with Gasteiger partial charge < -0.3 is 15.3 Å². The minimum Gasteiger partial charge on any atom is -0.481 e. The molecule has 0 radical (unpaired) electrons. The molecule has 3 aromatic carbocycles. The van der Waals surface area contributed by atoms with Crippen LogP contribution < -0.4 is 5.32 Å². The molecule has 0 aliphatic carbocycles. The number of anilines is 1. The molecule has 1 unspecified atom stereocenters. The van der Waals surface area contributed by atoms with Gasteiger partial charge in [0.05, 0.1) is 17.4 Å². The number of likely N-dealkylation sites (tertiary alicyclic amines) is 1. The van der Waals surface area contributed by atoms with Gasteiger partial charge >= 0.3 is 5.97 Å². The van der Waals surface area contributed by atoms with Gasteiger partial charge in [-0.1, -0.05) is 59.6 Å². The van der Waals surface area contributed by atoms with Gasteiger partial charge in [0.1, 0.15) is 0 Å². The van der Waals surface area contributed by atoms with E-state index in [0.717, 1.165) is 42.9 Å². The van der Waals surface area contributed by atoms with E-state index in [9.17, 15) is 9.59 Å². The quantitative estimate of drug-likeness (QED) is 0.273. The van der Waals surface area contributed by atoms with E-state index in [2.05, 4.69) is 29.6 Å². The number of benzene rings is 3. The summed E-state index contributed by atoms with van der Waals surface area (Å²) in [5, 5.41) is 13.7. The molecule has 2 heterocycles. The highest BCUT2D eigenvalue weighted by atomic mass is 35.5. The first-order valence-corrected chi connectivity index (χ1v) is 14.1. The van der Waals surface area contributed by atoms with Gasteiger partial charge in [-0.15, -0.1) is 0 Å². The van der Waals surface area contributed by atoms with Gasteiger partial charge in [-0.2, -0.15) is 0 Å². The topological polar surface area (TPSA) is 82.0 Å². The molecule has 1 fully saturated rings. The molecule has 8 heteroatoms. The van der Waals surface area contributed by atoms with E-state index in [1.54, 1.807) is 12.1 Å². The largest absolute Gasteiger partial charge is 0.481 e. The van der Waals surface area contributed by atoms with Crippen LogP contribution in [0.4, 0.5) is 11.4 Å². The van der Waals surface area contributed by atoms with Crippen LogP contribution in [-0.2, 0) is 4.79 Å². The lowest BCUT2D eigenvalue weighted by atomic mass is 9.89. The number of rotatable bonds is 8. The number of fused-ring (bicyclic) bond motifs is 1. The van der Waals surface area contributed by atoms with Crippen molar-refractivity contribution in [3.8, 4) is 0 Å². The van der Waals surface area contributed by atoms with Gasteiger partial charge in [0.2, 0.25) is 0 Å². The number of nitrogens with zero attached hydrogens (tertiary/aromatic N) is 2. The molecule has 0 aromatic heterocycles. The summed E-state index contributed by atoms with van der Waals surface area (Å²) < 4.78 is 0. The van der Waals surface area contributed by atoms with Gasteiger partial charge in [0, 0.05) is 40.8 Å². The summed E-state index contributed by atoms with van der Waals surface area (Å²) in [4.78, 5) is 31.3. The molecular weight excluding hydrogens is 533 g/mol. The van der Waals surface area contributed by atoms with E-state index in [0.29, 0.717) is 46.5 Å². The first-order chi connectivity index (χ1) is 18.9. The van der Waals surface area contributed by atoms with Gasteiger partial charge in [-0.05, 0) is 79.5 Å². The zero-order chi connectivity index (χ0) is 27.4. The maximum absolute atomic E-state index is 13.4. The Morgan fingerprint density at radius 3 is 2.46 bits per heavy atom. The van der Waals surface area contributed by atoms with Crippen LogP contribution in [0.5, 0.6) is 0 Å². The van der Waals surface area contributed by atoms with E-state index in [1.807, 2.05) is 35.2 Å². The summed E-state index contributed by atoms with van der Waals surface area (Å²) in [5.41, 5.74) is 5.18. The molecule has 39 heavy (non-hydrogen) atoms. The van der Waals surface area contributed by atoms with Crippen molar-refractivity contribution in [2.75, 3.05) is 18.4 Å². The van der Waals surface area contributed by atoms with E-state index >= 15 is 0 Å². The van der Waals surface area contributed by atoms with Crippen LogP contribution in [0.2, 0.25) is 10.0 Å². The molecule has 1 saturated heterocycles. The summed E-state index contributed by atoms with van der Waals surface area (Å²) in [6, 6.07) is 21.2. The molecule has 5 rings (SSSR count). The molecular formula is C31H31Cl2N3O3. The molecule has 6 nitrogen and oxygen atoms in total. The van der Waals surface area contributed by atoms with Crippen LogP contribution in [-0.4, -0.2) is 40.7 Å². The normalized spacial score (nSPS) is 17.2. The first-order valence-electron chi connectivity index (χ1n) is 13.4. The Kier molecular flexibility index (Phi) is 8.53. The number of hydrogen-bond donors (Lipinski definition) is 2. The molecule has 0 bridgehead atoms. The zero-order valence-corrected chi connectivity index (χ0v) is 23.1. The van der Waals surface area contributed by atoms with E-state index in [1.165, 1.54) is 5.56 Å². The molecule has 202 valence electrons. The number of unbranched alkanes of at least 4 members (excludes halogenated alkanes) is 1. The number of amides is 1. The van der Waals surface area contributed by atoms with Gasteiger partial charge in [-0.3, -0.25) is 14.6 Å². The monoisotopic (exact) mass is 563 g/mol. The smallest absolute Gasteiger partial charge is 0.303 e. The number of hydrogen-bond acceptors (Lipinski definition) is 4. The summed E-state index contributed by atoms with van der Waals surface area (Å²) >= 11 is 12.7. The van der Waals surface area contributed by atoms with Crippen LogP contribution >= 0.6 is 23.2 Å². The highest BCUT2D eigenvalue weighted by molar-refractivity contribution is 6.35. The Morgan fingerprint density at radius 2 is 1.74 bits per heavy atom. The molecule has 0 saturated carbocycles. The summed E-state index contributed by atoms with van der Waals surface area (Å²) in [6.07, 6.45) is 3.85. The lowest BCUT2D eigenvalue weighted by molar-refractivity contribution is -0.137. The molecule has 0 spiro atoms. The molecule has 2 N–H and O–H groups in total. The number of aliphatic carboxylic acids is 1. The van der Waals surface area contributed by atoms with E-state index in [-0.39, 0.29) is 18.4 Å². The summed E-state index contributed by atoms with van der Waals surface area (Å²) in [5.74, 6) is -0.310. The Balaban J connectivity index is 1.34. The van der Waals surface area contributed by atoms with Crippen LogP contribution in [0.15, 0.2) is 71.7 Å². The fourth-order valence-corrected chi connectivity index (χ4v) is 5.95. The van der Waals surface area contributed by atoms with E-state index in [4.69, 9.17) is 33.3 Å². The standard InChI is InChI=1S/C31H31Cl2N3O3/c32-23-11-12-24(25(33)19-23)30-27(8-4-5-9-29(37)38)34-28-18-22(10-13-26(28)35-30)31(39)36-16-14-21(15-17-36)20-6-2-1-3-7-20/h1-3,6-7,10-13,18-19,21,30,35H,4-5,8-9,14-17H2,(H,37,38). The first kappa shape index (κ1) is 27.2. The highest BCUT2D eigenvalue weighted by Crippen LogP contribution is 2.40. The maximum atomic E-state index is 13.4. The van der Waals surface area contributed by atoms with Crippen molar-refractivity contribution in [1.82, 2.24) is 4.90 Å². The van der Waals surface area contributed by atoms with Crippen molar-refractivity contribution in [3.05, 3.63) is 93.5 Å². The molecule has 1 amide bonds. The Morgan fingerprint density at radius 1 is 0.974 bits per heavy atom. The highest BCUT2D eigenvalue weighted by Gasteiger charge is 2.28. The van der Waals surface area contributed by atoms with Crippen molar-refractivity contribution in [2.45, 2.75) is 50.5 Å². The van der Waals surface area contributed by atoms with Gasteiger partial charge in [0.15, 0.2) is 0 Å². The second-order valence-electron chi connectivity index (χ2n) is 10.2. The fraction of sp³-hybridized carbons (Fsp3) is 0.323. The Hall–Kier alpha value is -3.35. The number of carboxylic acids is 1. The number of piperidine rings is 1. The number of carbonyl (C=O) groups is 2. The minimum atomic E-state index is -0.808. The van der Waals surface area contributed by atoms with Crippen LogP contribution in [0.25, 0.3) is 0 Å². The van der Waals surface area contributed by atoms with Crippen LogP contribution in [0.3, 0.4) is 0 Å². The van der Waals surface area contributed by atoms with Gasteiger partial charge in [-0.25, -0.2) is 0 Å². The van der Waals surface area contributed by atoms with Crippen molar-refractivity contribution < 1.29 is 14.7 Å². The lowest BCUT2D eigenvalue weighted by Gasteiger charge is -2.33. The second-order valence-corrected chi connectivity index (χ2v) is 11.0. The summed E-state index contributed by atoms with van der Waals surface area (Å²) in [7, 11) is 0. The predicted molar refractivity (Wildman–Crippen MR) is 157 cm³/mol. The Labute approximate surface area is 238 Å². The predicted octanol–water partition coefficient (Wildman–Crippen LogP) is 7.90. The molecule has 1 atom stereocenters. The molecule has 3 aromatic rings. The Bertz CT molecular complexity index is 1390. The third-order valence-corrected chi connectivity index (χ3v) is 8.10. The molecule has 2 aliphatic rings. The number of carbonyl (C=O) groups excluding carboxylic acids is 1. The van der Waals surface area contributed by atoms with Crippen molar-refractivity contribution >= 4 is 52.2 Å². The SMILES string of the molecule is O=C(O)CCCCC1=Nc2cc(C(=O)N3CCC(c4ccccc4)CC3)ccc2NC1c1ccc(Cl)cc1Cl. The number of aliphatic imine (C=N–C) groups is 1. The zero-order valence-electron chi connectivity index (χ0n) is 21.6. The number of halogens is 2.